The molecule has 70 heavy (non-hydrogen) atoms. The first-order valence-corrected chi connectivity index (χ1v) is 25.5. The second kappa shape index (κ2) is 18.0. The van der Waals surface area contributed by atoms with Gasteiger partial charge in [0.15, 0.2) is 22.8 Å². The smallest absolute Gasteiger partial charge is 0.349 e. The van der Waals surface area contributed by atoms with Gasteiger partial charge in [-0.3, -0.25) is 24.6 Å². The Bertz CT molecular complexity index is 3300. The molecule has 21 heteroatoms. The molecule has 10 rings (SSSR count). The number of sulfonamides is 1. The lowest BCUT2D eigenvalue weighted by Gasteiger charge is -2.45. The van der Waals surface area contributed by atoms with E-state index in [0.717, 1.165) is 29.2 Å². The predicted molar refractivity (Wildman–Crippen MR) is 260 cm³/mol. The fourth-order valence-electron chi connectivity index (χ4n) is 10.5. The van der Waals surface area contributed by atoms with Crippen LogP contribution in [0.4, 0.5) is 21.8 Å². The number of benzene rings is 4. The van der Waals surface area contributed by atoms with Crippen LogP contribution in [0.3, 0.4) is 0 Å². The van der Waals surface area contributed by atoms with Crippen LogP contribution in [0.1, 0.15) is 89.4 Å². The zero-order valence-corrected chi connectivity index (χ0v) is 40.2. The van der Waals surface area contributed by atoms with Crippen LogP contribution in [0.2, 0.25) is 5.02 Å². The number of aromatic nitrogens is 1. The van der Waals surface area contributed by atoms with Crippen LogP contribution in [0.5, 0.6) is 5.75 Å². The molecule has 3 amide bonds. The van der Waals surface area contributed by atoms with Gasteiger partial charge in [-0.15, -0.1) is 11.3 Å². The van der Waals surface area contributed by atoms with Crippen LogP contribution in [-0.2, 0) is 30.2 Å². The van der Waals surface area contributed by atoms with Crippen LogP contribution < -0.4 is 25.2 Å². The monoisotopic (exact) mass is 1010 g/mol. The van der Waals surface area contributed by atoms with Gasteiger partial charge in [-0.25, -0.2) is 22.4 Å². The number of thiophene rings is 1. The van der Waals surface area contributed by atoms with Gasteiger partial charge in [0.05, 0.1) is 16.3 Å². The van der Waals surface area contributed by atoms with Crippen molar-refractivity contribution >= 4 is 102 Å². The van der Waals surface area contributed by atoms with Crippen molar-refractivity contribution in [2.45, 2.75) is 81.7 Å². The summed E-state index contributed by atoms with van der Waals surface area (Å²) >= 11 is 7.10. The Morgan fingerprint density at radius 3 is 2.51 bits per heavy atom. The number of carboxylic acids is 2. The number of carbonyl (C=O) groups excluding carboxylic acids is 3. The molecule has 0 radical (unpaired) electrons. The summed E-state index contributed by atoms with van der Waals surface area (Å²) in [5.74, 6) is -4.93. The second-order valence-corrected chi connectivity index (χ2v) is 22.0. The van der Waals surface area contributed by atoms with E-state index in [0.29, 0.717) is 76.9 Å². The van der Waals surface area contributed by atoms with E-state index in [1.165, 1.54) is 27.4 Å². The number of oxazole rings is 1. The number of halogens is 2. The van der Waals surface area contributed by atoms with Crippen LogP contribution in [-0.4, -0.2) is 101 Å². The number of piperidine rings is 3. The standard InChI is InChI=1S/C49H46ClFN6O11S2/c1-49(2)22-28(52-27-7-9-33(51)32(21-27)43-41(50)42(67-23-39(59)60)44(69-43)47(63)64)16-19-56(49)70(65,66)24-25-6-12-37-34(20-25)53-48(68-37)55-17-14-26(15-18-55)29-8-10-35-40-30(29)4-3-5-31(40)46(62)57(35)36-11-13-38(58)54-45(36)61/h3-10,12,20-21,26,28,36,52H,11,13-19,22-24H2,1-2H3,(H,59,60)(H,63,64)(H,54,58,61). The molecular weight excluding hydrogens is 967 g/mol. The number of amides is 3. The summed E-state index contributed by atoms with van der Waals surface area (Å²) in [6.07, 6.45) is 2.84. The minimum Gasteiger partial charge on any atom is -0.479 e. The normalized spacial score (nSPS) is 19.8. The number of carbonyl (C=O) groups is 5. The molecule has 4 N–H and O–H groups in total. The molecule has 2 unspecified atom stereocenters. The van der Waals surface area contributed by atoms with E-state index in [1.54, 1.807) is 24.3 Å². The van der Waals surface area contributed by atoms with Gasteiger partial charge >= 0.3 is 11.9 Å². The second-order valence-electron chi connectivity index (χ2n) is 18.7. The summed E-state index contributed by atoms with van der Waals surface area (Å²) in [5, 5.41) is 26.1. The molecule has 6 heterocycles. The van der Waals surface area contributed by atoms with E-state index in [1.807, 2.05) is 38.1 Å². The Labute approximate surface area is 409 Å². The SMILES string of the molecule is CC1(C)CC(Nc2ccc(F)c(-c3sc(C(=O)O)c(OCC(=O)O)c3Cl)c2)CCN1S(=O)(=O)Cc1ccc2oc(N3CCC(c4ccc5c6c(cccc46)C(=O)N5C4CCC(=O)NC4=O)CC3)nc2c1. The van der Waals surface area contributed by atoms with Crippen molar-refractivity contribution in [3.8, 4) is 16.2 Å². The fourth-order valence-corrected chi connectivity index (χ4v) is 13.9. The quantitative estimate of drug-likeness (QED) is 0.0804. The van der Waals surface area contributed by atoms with E-state index in [2.05, 4.69) is 15.5 Å². The van der Waals surface area contributed by atoms with Crippen LogP contribution in [0.25, 0.3) is 32.3 Å². The molecular formula is C49H46ClFN6O11S2. The summed E-state index contributed by atoms with van der Waals surface area (Å²) in [7, 11) is -3.84. The van der Waals surface area contributed by atoms with Crippen molar-refractivity contribution in [3.05, 3.63) is 99.1 Å². The minimum absolute atomic E-state index is 0.0127. The lowest BCUT2D eigenvalue weighted by atomic mass is 9.85. The summed E-state index contributed by atoms with van der Waals surface area (Å²) < 4.78 is 56.4. The number of imide groups is 1. The van der Waals surface area contributed by atoms with Gasteiger partial charge in [0.25, 0.3) is 11.9 Å². The molecule has 2 atom stereocenters. The fraction of sp³-hybridized carbons (Fsp3) is 0.347. The molecule has 6 aromatic rings. The first-order valence-electron chi connectivity index (χ1n) is 22.7. The first kappa shape index (κ1) is 47.1. The topological polar surface area (TPSA) is 229 Å². The highest BCUT2D eigenvalue weighted by Gasteiger charge is 2.43. The maximum atomic E-state index is 15.3. The summed E-state index contributed by atoms with van der Waals surface area (Å²) in [5.41, 5.74) is 3.62. The summed E-state index contributed by atoms with van der Waals surface area (Å²) in [6, 6.07) is 18.5. The van der Waals surface area contributed by atoms with E-state index < -0.39 is 51.9 Å². The number of nitrogens with zero attached hydrogens (tertiary/aromatic N) is 4. The van der Waals surface area contributed by atoms with Crippen molar-refractivity contribution < 1.29 is 56.1 Å². The van der Waals surface area contributed by atoms with Gasteiger partial charge in [-0.2, -0.15) is 9.29 Å². The number of nitrogens with one attached hydrogen (secondary N) is 2. The Balaban J connectivity index is 0.783. The Kier molecular flexibility index (Phi) is 12.1. The third kappa shape index (κ3) is 8.60. The largest absolute Gasteiger partial charge is 0.479 e. The molecule has 17 nitrogen and oxygen atoms in total. The Morgan fingerprint density at radius 2 is 1.79 bits per heavy atom. The van der Waals surface area contributed by atoms with E-state index >= 15 is 4.39 Å². The lowest BCUT2D eigenvalue weighted by molar-refractivity contribution is -0.139. The number of aromatic carboxylic acids is 1. The Hall–Kier alpha value is -6.61. The van der Waals surface area contributed by atoms with Crippen molar-refractivity contribution in [3.63, 3.8) is 0 Å². The van der Waals surface area contributed by atoms with Crippen molar-refractivity contribution in [2.24, 2.45) is 0 Å². The lowest BCUT2D eigenvalue weighted by Crippen LogP contribution is -2.55. The number of fused-ring (bicyclic) bond motifs is 1. The van der Waals surface area contributed by atoms with Crippen LogP contribution in [0.15, 0.2) is 71.1 Å². The summed E-state index contributed by atoms with van der Waals surface area (Å²) in [6.45, 7) is 4.36. The van der Waals surface area contributed by atoms with Gasteiger partial charge in [-0.05, 0) is 111 Å². The molecule has 3 saturated heterocycles. The van der Waals surface area contributed by atoms with Crippen molar-refractivity contribution in [1.29, 1.82) is 0 Å². The molecule has 0 spiro atoms. The molecule has 4 aliphatic rings. The highest BCUT2D eigenvalue weighted by atomic mass is 35.5. The average Bonchev–Trinajstić information content (AvgIpc) is 3.97. The minimum atomic E-state index is -3.84. The highest BCUT2D eigenvalue weighted by Crippen LogP contribution is 2.48. The third-order valence-electron chi connectivity index (χ3n) is 13.6. The average molecular weight is 1010 g/mol. The molecule has 0 saturated carbocycles. The first-order chi connectivity index (χ1) is 33.4. The molecule has 4 aliphatic heterocycles. The molecule has 2 aromatic heterocycles. The molecule has 3 fully saturated rings. The van der Waals surface area contributed by atoms with E-state index in [-0.39, 0.29) is 75.0 Å². The van der Waals surface area contributed by atoms with Gasteiger partial charge in [0.1, 0.15) is 22.4 Å². The van der Waals surface area contributed by atoms with Crippen LogP contribution in [0, 0.1) is 5.82 Å². The number of carboxylic acid groups (broad SMARTS) is 2. The molecule has 4 aromatic carbocycles. The Morgan fingerprint density at radius 1 is 1.00 bits per heavy atom. The number of rotatable bonds is 13. The number of aliphatic carboxylic acids is 1. The van der Waals surface area contributed by atoms with Gasteiger partial charge in [0, 0.05) is 59.8 Å². The number of ether oxygens (including phenoxy) is 1. The summed E-state index contributed by atoms with van der Waals surface area (Å²) in [4.78, 5) is 69.5. The van der Waals surface area contributed by atoms with Crippen LogP contribution >= 0.6 is 22.9 Å². The maximum absolute atomic E-state index is 15.3. The van der Waals surface area contributed by atoms with Gasteiger partial charge < -0.3 is 29.6 Å². The zero-order valence-electron chi connectivity index (χ0n) is 37.8. The molecule has 0 bridgehead atoms. The van der Waals surface area contributed by atoms with Gasteiger partial charge in [0.2, 0.25) is 21.8 Å². The predicted octanol–water partition coefficient (Wildman–Crippen LogP) is 8.00. The highest BCUT2D eigenvalue weighted by molar-refractivity contribution is 7.88. The molecule has 364 valence electrons. The van der Waals surface area contributed by atoms with Gasteiger partial charge in [-0.1, -0.05) is 35.9 Å². The number of anilines is 3. The van der Waals surface area contributed by atoms with E-state index in [9.17, 15) is 37.5 Å². The maximum Gasteiger partial charge on any atom is 0.349 e. The number of hydrogen-bond donors (Lipinski definition) is 4. The van der Waals surface area contributed by atoms with Crippen molar-refractivity contribution in [2.75, 3.05) is 41.4 Å². The molecule has 0 aliphatic carbocycles. The third-order valence-corrected chi connectivity index (χ3v) is 17.4. The van der Waals surface area contributed by atoms with Crippen molar-refractivity contribution in [1.82, 2.24) is 14.6 Å². The van der Waals surface area contributed by atoms with E-state index in [4.69, 9.17) is 30.8 Å². The number of hydrogen-bond acceptors (Lipinski definition) is 13. The zero-order chi connectivity index (χ0) is 49.4.